The van der Waals surface area contributed by atoms with Crippen molar-refractivity contribution in [3.05, 3.63) is 22.9 Å². The molecule has 5 nitrogen and oxygen atoms in total. The van der Waals surface area contributed by atoms with E-state index in [1.165, 1.54) is 6.92 Å². The van der Waals surface area contributed by atoms with Crippen LogP contribution < -0.4 is 4.90 Å². The molecule has 8 heteroatoms. The molecule has 1 aromatic rings. The smallest absolute Gasteiger partial charge is 0.418 e. The molecule has 0 aromatic carbocycles. The molecule has 0 amide bonds. The topological polar surface area (TPSA) is 73.7 Å². The molecule has 2 heterocycles. The number of hydrogen-bond acceptors (Lipinski definition) is 4. The van der Waals surface area contributed by atoms with E-state index in [4.69, 9.17) is 5.11 Å². The number of pyridine rings is 1. The van der Waals surface area contributed by atoms with E-state index >= 15 is 0 Å². The molecule has 128 valence electrons. The largest absolute Gasteiger partial charge is 0.481 e. The number of rotatable bonds is 4. The van der Waals surface area contributed by atoms with Crippen LogP contribution in [0, 0.1) is 12.8 Å². The fourth-order valence-electron chi connectivity index (χ4n) is 2.97. The number of nitrogens with zero attached hydrogens (tertiary/aromatic N) is 2. The van der Waals surface area contributed by atoms with Crippen LogP contribution in [0.1, 0.15) is 36.0 Å². The number of halogens is 3. The number of piperidine rings is 1. The van der Waals surface area contributed by atoms with Gasteiger partial charge in [-0.05, 0) is 31.2 Å². The van der Waals surface area contributed by atoms with Crippen molar-refractivity contribution < 1.29 is 28.2 Å². The van der Waals surface area contributed by atoms with Gasteiger partial charge in [0.15, 0.2) is 0 Å². The average Bonchev–Trinajstić information content (AvgIpc) is 2.45. The van der Waals surface area contributed by atoms with Crippen LogP contribution in [0.2, 0.25) is 0 Å². The number of carboxylic acid groups (broad SMARTS) is 1. The van der Waals surface area contributed by atoms with Crippen LogP contribution in [-0.4, -0.2) is 34.3 Å². The van der Waals surface area contributed by atoms with Crippen molar-refractivity contribution in [3.8, 4) is 0 Å². The second kappa shape index (κ2) is 6.74. The van der Waals surface area contributed by atoms with Crippen LogP contribution in [0.3, 0.4) is 0 Å². The van der Waals surface area contributed by atoms with Crippen LogP contribution in [0.15, 0.2) is 6.20 Å². The zero-order valence-electron chi connectivity index (χ0n) is 12.7. The summed E-state index contributed by atoms with van der Waals surface area (Å²) in [6.45, 7) is 1.84. The molecule has 0 saturated carbocycles. The van der Waals surface area contributed by atoms with E-state index in [0.29, 0.717) is 31.7 Å². The van der Waals surface area contributed by atoms with Crippen molar-refractivity contribution >= 4 is 11.8 Å². The predicted molar refractivity (Wildman–Crippen MR) is 77.1 cm³/mol. The van der Waals surface area contributed by atoms with Gasteiger partial charge in [0.05, 0.1) is 12.2 Å². The Balaban J connectivity index is 2.21. The summed E-state index contributed by atoms with van der Waals surface area (Å²) in [5.74, 6) is -0.424. The third-order valence-corrected chi connectivity index (χ3v) is 4.28. The Kier molecular flexibility index (Phi) is 5.13. The Bertz CT molecular complexity index is 582. The van der Waals surface area contributed by atoms with Gasteiger partial charge in [-0.1, -0.05) is 0 Å². The molecular formula is C15H19F3N2O3. The number of carboxylic acids is 1. The van der Waals surface area contributed by atoms with Gasteiger partial charge >= 0.3 is 12.1 Å². The Hall–Kier alpha value is -1.83. The van der Waals surface area contributed by atoms with Gasteiger partial charge in [-0.3, -0.25) is 4.79 Å². The Labute approximate surface area is 131 Å². The maximum Gasteiger partial charge on any atom is 0.418 e. The lowest BCUT2D eigenvalue weighted by molar-refractivity contribution is -0.139. The highest BCUT2D eigenvalue weighted by molar-refractivity contribution is 5.67. The SMILES string of the molecule is Cc1c(C(F)(F)F)cnc(N2CCC(CC(=O)O)CC2)c1CO. The highest BCUT2D eigenvalue weighted by atomic mass is 19.4. The molecular weight excluding hydrogens is 313 g/mol. The molecule has 1 aliphatic rings. The Morgan fingerprint density at radius 2 is 2.00 bits per heavy atom. The average molecular weight is 332 g/mol. The van der Waals surface area contributed by atoms with Crippen molar-refractivity contribution in [2.75, 3.05) is 18.0 Å². The van der Waals surface area contributed by atoms with Gasteiger partial charge in [-0.15, -0.1) is 0 Å². The van der Waals surface area contributed by atoms with Gasteiger partial charge in [0, 0.05) is 31.3 Å². The molecule has 1 saturated heterocycles. The van der Waals surface area contributed by atoms with Gasteiger partial charge in [-0.2, -0.15) is 13.2 Å². The summed E-state index contributed by atoms with van der Waals surface area (Å²) in [5.41, 5.74) is -0.680. The number of carbonyl (C=O) groups is 1. The van der Waals surface area contributed by atoms with Crippen LogP contribution in [0.5, 0.6) is 0 Å². The summed E-state index contributed by atoms with van der Waals surface area (Å²) in [7, 11) is 0. The quantitative estimate of drug-likeness (QED) is 0.886. The summed E-state index contributed by atoms with van der Waals surface area (Å²) in [6, 6.07) is 0. The lowest BCUT2D eigenvalue weighted by Gasteiger charge is -2.34. The lowest BCUT2D eigenvalue weighted by atomic mass is 9.93. The van der Waals surface area contributed by atoms with Gasteiger partial charge in [-0.25, -0.2) is 4.98 Å². The maximum atomic E-state index is 12.9. The maximum absolute atomic E-state index is 12.9. The number of anilines is 1. The van der Waals surface area contributed by atoms with Crippen LogP contribution in [-0.2, 0) is 17.6 Å². The van der Waals surface area contributed by atoms with Crippen molar-refractivity contribution in [3.63, 3.8) is 0 Å². The molecule has 0 bridgehead atoms. The molecule has 2 N–H and O–H groups in total. The molecule has 0 unspecified atom stereocenters. The summed E-state index contributed by atoms with van der Waals surface area (Å²) in [5, 5.41) is 18.3. The third kappa shape index (κ3) is 3.93. The highest BCUT2D eigenvalue weighted by Gasteiger charge is 2.35. The fourth-order valence-corrected chi connectivity index (χ4v) is 2.97. The second-order valence-electron chi connectivity index (χ2n) is 5.78. The number of hydrogen-bond donors (Lipinski definition) is 2. The van der Waals surface area contributed by atoms with Crippen molar-refractivity contribution in [1.29, 1.82) is 0 Å². The number of aromatic nitrogens is 1. The van der Waals surface area contributed by atoms with Crippen LogP contribution in [0.25, 0.3) is 0 Å². The van der Waals surface area contributed by atoms with Crippen molar-refractivity contribution in [1.82, 2.24) is 4.98 Å². The highest BCUT2D eigenvalue weighted by Crippen LogP contribution is 2.36. The minimum Gasteiger partial charge on any atom is -0.481 e. The monoisotopic (exact) mass is 332 g/mol. The third-order valence-electron chi connectivity index (χ3n) is 4.28. The first-order valence-electron chi connectivity index (χ1n) is 7.37. The van der Waals surface area contributed by atoms with E-state index < -0.39 is 24.3 Å². The van der Waals surface area contributed by atoms with Crippen molar-refractivity contribution in [2.45, 2.75) is 39.0 Å². The lowest BCUT2D eigenvalue weighted by Crippen LogP contribution is -2.36. The zero-order valence-corrected chi connectivity index (χ0v) is 12.7. The van der Waals surface area contributed by atoms with Crippen LogP contribution >= 0.6 is 0 Å². The first-order chi connectivity index (χ1) is 10.7. The summed E-state index contributed by atoms with van der Waals surface area (Å²) in [4.78, 5) is 16.5. The summed E-state index contributed by atoms with van der Waals surface area (Å²) >= 11 is 0. The normalized spacial score (nSPS) is 16.7. The molecule has 23 heavy (non-hydrogen) atoms. The molecule has 1 aromatic heterocycles. The first-order valence-corrected chi connectivity index (χ1v) is 7.37. The van der Waals surface area contributed by atoms with Gasteiger partial charge in [0.25, 0.3) is 0 Å². The van der Waals surface area contributed by atoms with Gasteiger partial charge < -0.3 is 15.1 Å². The predicted octanol–water partition coefficient (Wildman–Crippen LogP) is 2.59. The molecule has 1 fully saturated rings. The molecule has 0 atom stereocenters. The molecule has 0 aliphatic carbocycles. The fraction of sp³-hybridized carbons (Fsp3) is 0.600. The van der Waals surface area contributed by atoms with E-state index in [9.17, 15) is 23.1 Å². The molecule has 0 spiro atoms. The van der Waals surface area contributed by atoms with Crippen LogP contribution in [0.4, 0.5) is 19.0 Å². The number of aliphatic hydroxyl groups is 1. The van der Waals surface area contributed by atoms with E-state index in [1.54, 1.807) is 0 Å². The minimum absolute atomic E-state index is 0.0161. The summed E-state index contributed by atoms with van der Waals surface area (Å²) in [6.07, 6.45) is -2.33. The number of alkyl halides is 3. The van der Waals surface area contributed by atoms with Gasteiger partial charge in [0.1, 0.15) is 5.82 Å². The Morgan fingerprint density at radius 1 is 1.39 bits per heavy atom. The molecule has 1 aliphatic heterocycles. The summed E-state index contributed by atoms with van der Waals surface area (Å²) < 4.78 is 38.8. The number of aliphatic hydroxyl groups excluding tert-OH is 1. The molecule has 0 radical (unpaired) electrons. The zero-order chi connectivity index (χ0) is 17.2. The first kappa shape index (κ1) is 17.5. The van der Waals surface area contributed by atoms with Crippen molar-refractivity contribution in [2.24, 2.45) is 5.92 Å². The van der Waals surface area contributed by atoms with E-state index in [-0.39, 0.29) is 23.5 Å². The Morgan fingerprint density at radius 3 is 2.48 bits per heavy atom. The van der Waals surface area contributed by atoms with E-state index in [1.807, 2.05) is 4.90 Å². The van der Waals surface area contributed by atoms with Gasteiger partial charge in [0.2, 0.25) is 0 Å². The van der Waals surface area contributed by atoms with E-state index in [0.717, 1.165) is 6.20 Å². The molecule has 2 rings (SSSR count). The standard InChI is InChI=1S/C15H19F3N2O3/c1-9-11(8-21)14(19-7-12(9)15(16,17)18)20-4-2-10(3-5-20)6-13(22)23/h7,10,21H,2-6,8H2,1H3,(H,22,23). The van der Waals surface area contributed by atoms with E-state index in [2.05, 4.69) is 4.98 Å². The number of aliphatic carboxylic acids is 1. The second-order valence-corrected chi connectivity index (χ2v) is 5.78. The minimum atomic E-state index is -4.51.